The second-order valence-corrected chi connectivity index (χ2v) is 6.40. The Morgan fingerprint density at radius 3 is 2.38 bits per heavy atom. The molecule has 0 saturated carbocycles. The van der Waals surface area contributed by atoms with Gasteiger partial charge in [-0.2, -0.15) is 0 Å². The quantitative estimate of drug-likeness (QED) is 0.827. The number of urea groups is 1. The summed E-state index contributed by atoms with van der Waals surface area (Å²) in [4.78, 5) is 13.1. The van der Waals surface area contributed by atoms with Gasteiger partial charge in [0.25, 0.3) is 0 Å². The van der Waals surface area contributed by atoms with E-state index in [1.54, 1.807) is 32.3 Å². The topological polar surface area (TPSA) is 41.6 Å². The molecular formula is C19H23ClN2O2. The molecule has 0 saturated heterocycles. The molecule has 0 heterocycles. The summed E-state index contributed by atoms with van der Waals surface area (Å²) in [6, 6.07) is 15.3. The predicted octanol–water partition coefficient (Wildman–Crippen LogP) is 5.00. The van der Waals surface area contributed by atoms with Crippen molar-refractivity contribution in [2.75, 3.05) is 19.4 Å². The summed E-state index contributed by atoms with van der Waals surface area (Å²) < 4.78 is 6.01. The first-order valence-corrected chi connectivity index (χ1v) is 8.25. The lowest BCUT2D eigenvalue weighted by atomic mass is 9.96. The van der Waals surface area contributed by atoms with Crippen LogP contribution in [-0.4, -0.2) is 31.1 Å². The Hall–Kier alpha value is -2.20. The number of benzene rings is 2. The van der Waals surface area contributed by atoms with Gasteiger partial charge in [0.05, 0.1) is 5.02 Å². The van der Waals surface area contributed by atoms with Gasteiger partial charge in [-0.3, -0.25) is 0 Å². The molecule has 2 atom stereocenters. The van der Waals surface area contributed by atoms with Crippen LogP contribution in [0.15, 0.2) is 48.5 Å². The molecule has 1 N–H and O–H groups in total. The largest absolute Gasteiger partial charge is 0.489 e. The molecule has 5 heteroatoms. The van der Waals surface area contributed by atoms with Crippen LogP contribution < -0.4 is 10.1 Å². The van der Waals surface area contributed by atoms with Crippen LogP contribution in [0.25, 0.3) is 0 Å². The lowest BCUT2D eigenvalue weighted by molar-refractivity contribution is 0.195. The predicted molar refractivity (Wildman–Crippen MR) is 99.1 cm³/mol. The zero-order chi connectivity index (χ0) is 17.7. The lowest BCUT2D eigenvalue weighted by Crippen LogP contribution is -2.27. The van der Waals surface area contributed by atoms with Crippen LogP contribution >= 0.6 is 11.6 Å². The van der Waals surface area contributed by atoms with E-state index in [0.717, 1.165) is 0 Å². The van der Waals surface area contributed by atoms with E-state index in [0.29, 0.717) is 16.5 Å². The Labute approximate surface area is 148 Å². The van der Waals surface area contributed by atoms with Gasteiger partial charge in [-0.15, -0.1) is 0 Å². The molecule has 2 unspecified atom stereocenters. The fourth-order valence-corrected chi connectivity index (χ4v) is 2.46. The summed E-state index contributed by atoms with van der Waals surface area (Å²) in [5.41, 5.74) is 1.85. The Bertz CT molecular complexity index is 689. The zero-order valence-corrected chi connectivity index (χ0v) is 15.2. The third-order valence-corrected chi connectivity index (χ3v) is 4.23. The monoisotopic (exact) mass is 346 g/mol. The standard InChI is InChI=1S/C19H23ClN2O2/c1-13(15-8-6-5-7-9-15)14(2)24-18-11-10-16(12-17(18)20)21-19(23)22(3)4/h5-14H,1-4H3,(H,21,23). The zero-order valence-electron chi connectivity index (χ0n) is 14.4. The van der Waals surface area contributed by atoms with Crippen molar-refractivity contribution in [3.63, 3.8) is 0 Å². The molecule has 2 rings (SSSR count). The number of anilines is 1. The van der Waals surface area contributed by atoms with Gasteiger partial charge in [0, 0.05) is 25.7 Å². The summed E-state index contributed by atoms with van der Waals surface area (Å²) in [7, 11) is 3.36. The third-order valence-electron chi connectivity index (χ3n) is 3.93. The molecule has 128 valence electrons. The molecular weight excluding hydrogens is 324 g/mol. The molecule has 0 spiro atoms. The van der Waals surface area contributed by atoms with E-state index in [-0.39, 0.29) is 18.1 Å². The highest BCUT2D eigenvalue weighted by Crippen LogP contribution is 2.31. The van der Waals surface area contributed by atoms with E-state index in [1.807, 2.05) is 25.1 Å². The molecule has 0 fully saturated rings. The maximum absolute atomic E-state index is 11.7. The van der Waals surface area contributed by atoms with Crippen LogP contribution in [0.1, 0.15) is 25.3 Å². The van der Waals surface area contributed by atoms with Crippen molar-refractivity contribution in [1.82, 2.24) is 4.90 Å². The second kappa shape index (κ2) is 8.06. The van der Waals surface area contributed by atoms with Gasteiger partial charge in [-0.05, 0) is 30.7 Å². The number of halogens is 1. The van der Waals surface area contributed by atoms with Crippen LogP contribution in [0, 0.1) is 0 Å². The first-order valence-electron chi connectivity index (χ1n) is 7.88. The Balaban J connectivity index is 2.06. The number of hydrogen-bond donors (Lipinski definition) is 1. The van der Waals surface area contributed by atoms with Crippen molar-refractivity contribution in [2.24, 2.45) is 0 Å². The third kappa shape index (κ3) is 4.65. The highest BCUT2D eigenvalue weighted by Gasteiger charge is 2.17. The summed E-state index contributed by atoms with van der Waals surface area (Å²) >= 11 is 6.30. The minimum atomic E-state index is -0.203. The number of amides is 2. The molecule has 0 bridgehead atoms. The SMILES string of the molecule is CC(Oc1ccc(NC(=O)N(C)C)cc1Cl)C(C)c1ccccc1. The summed E-state index contributed by atoms with van der Waals surface area (Å²) in [6.45, 7) is 4.15. The Morgan fingerprint density at radius 1 is 1.12 bits per heavy atom. The minimum absolute atomic E-state index is 0.0351. The van der Waals surface area contributed by atoms with E-state index < -0.39 is 0 Å². The highest BCUT2D eigenvalue weighted by molar-refractivity contribution is 6.32. The number of ether oxygens (including phenoxy) is 1. The van der Waals surface area contributed by atoms with E-state index >= 15 is 0 Å². The van der Waals surface area contributed by atoms with E-state index in [2.05, 4.69) is 24.4 Å². The van der Waals surface area contributed by atoms with E-state index in [1.165, 1.54) is 10.5 Å². The molecule has 4 nitrogen and oxygen atoms in total. The summed E-state index contributed by atoms with van der Waals surface area (Å²) in [5, 5.41) is 3.23. The number of carbonyl (C=O) groups is 1. The van der Waals surface area contributed by atoms with Gasteiger partial charge in [0.1, 0.15) is 11.9 Å². The van der Waals surface area contributed by atoms with Crippen molar-refractivity contribution < 1.29 is 9.53 Å². The van der Waals surface area contributed by atoms with Gasteiger partial charge in [-0.1, -0.05) is 48.9 Å². The smallest absolute Gasteiger partial charge is 0.321 e. The molecule has 0 aromatic heterocycles. The van der Waals surface area contributed by atoms with Gasteiger partial charge >= 0.3 is 6.03 Å². The van der Waals surface area contributed by atoms with Crippen LogP contribution in [0.4, 0.5) is 10.5 Å². The maximum atomic E-state index is 11.7. The van der Waals surface area contributed by atoms with Crippen molar-refractivity contribution >= 4 is 23.3 Å². The molecule has 0 aliphatic heterocycles. The minimum Gasteiger partial charge on any atom is -0.489 e. The molecule has 2 aromatic carbocycles. The van der Waals surface area contributed by atoms with Crippen LogP contribution in [0.3, 0.4) is 0 Å². The average molecular weight is 347 g/mol. The number of nitrogens with one attached hydrogen (secondary N) is 1. The molecule has 24 heavy (non-hydrogen) atoms. The lowest BCUT2D eigenvalue weighted by Gasteiger charge is -2.23. The summed E-state index contributed by atoms with van der Waals surface area (Å²) in [5.74, 6) is 0.838. The van der Waals surface area contributed by atoms with Crippen molar-refractivity contribution in [1.29, 1.82) is 0 Å². The normalized spacial score (nSPS) is 13.0. The van der Waals surface area contributed by atoms with Gasteiger partial charge in [0.15, 0.2) is 0 Å². The number of carbonyl (C=O) groups excluding carboxylic acids is 1. The maximum Gasteiger partial charge on any atom is 0.321 e. The number of nitrogens with zero attached hydrogens (tertiary/aromatic N) is 1. The second-order valence-electron chi connectivity index (χ2n) is 5.99. The Morgan fingerprint density at radius 2 is 1.79 bits per heavy atom. The number of rotatable bonds is 5. The van der Waals surface area contributed by atoms with E-state index in [4.69, 9.17) is 16.3 Å². The molecule has 2 amide bonds. The first kappa shape index (κ1) is 18.1. The highest BCUT2D eigenvalue weighted by atomic mass is 35.5. The van der Waals surface area contributed by atoms with Crippen LogP contribution in [0.5, 0.6) is 5.75 Å². The van der Waals surface area contributed by atoms with Crippen molar-refractivity contribution in [2.45, 2.75) is 25.9 Å². The molecule has 0 aliphatic carbocycles. The summed E-state index contributed by atoms with van der Waals surface area (Å²) in [6.07, 6.45) is -0.0351. The van der Waals surface area contributed by atoms with Gasteiger partial charge in [0.2, 0.25) is 0 Å². The molecule has 0 aliphatic rings. The average Bonchev–Trinajstić information content (AvgIpc) is 2.57. The van der Waals surface area contributed by atoms with Gasteiger partial charge in [-0.25, -0.2) is 4.79 Å². The first-order chi connectivity index (χ1) is 11.4. The van der Waals surface area contributed by atoms with Crippen molar-refractivity contribution in [3.8, 4) is 5.75 Å². The van der Waals surface area contributed by atoms with Crippen LogP contribution in [0.2, 0.25) is 5.02 Å². The molecule has 2 aromatic rings. The van der Waals surface area contributed by atoms with Gasteiger partial charge < -0.3 is 15.0 Å². The number of hydrogen-bond acceptors (Lipinski definition) is 2. The van der Waals surface area contributed by atoms with Crippen LogP contribution in [-0.2, 0) is 0 Å². The molecule has 0 radical (unpaired) electrons. The van der Waals surface area contributed by atoms with Crippen molar-refractivity contribution in [3.05, 3.63) is 59.1 Å². The fraction of sp³-hybridized carbons (Fsp3) is 0.316. The fourth-order valence-electron chi connectivity index (χ4n) is 2.24. The Kier molecular flexibility index (Phi) is 6.10. The van der Waals surface area contributed by atoms with E-state index in [9.17, 15) is 4.79 Å².